The van der Waals surface area contributed by atoms with E-state index < -0.39 is 4.87 Å². The van der Waals surface area contributed by atoms with E-state index in [0.717, 1.165) is 11.1 Å². The first kappa shape index (κ1) is 16.0. The first-order chi connectivity index (χ1) is 12.2. The van der Waals surface area contributed by atoms with Crippen LogP contribution in [0.1, 0.15) is 22.3 Å². The van der Waals surface area contributed by atoms with Gasteiger partial charge in [-0.15, -0.1) is 0 Å². The molecule has 0 spiro atoms. The summed E-state index contributed by atoms with van der Waals surface area (Å²) in [6.07, 6.45) is 0.427. The second kappa shape index (κ2) is 6.41. The lowest BCUT2D eigenvalue weighted by atomic mass is 9.95. The Morgan fingerprint density at radius 1 is 0.880 bits per heavy atom. The van der Waals surface area contributed by atoms with E-state index in [1.165, 1.54) is 10.6 Å². The largest absolute Gasteiger partial charge is 0.354 e. The Morgan fingerprint density at radius 2 is 1.48 bits per heavy atom. The maximum Gasteiger partial charge on any atom is 0.166 e. The number of hydrogen-bond acceptors (Lipinski definition) is 3. The summed E-state index contributed by atoms with van der Waals surface area (Å²) in [5, 5.41) is 0. The Kier molecular flexibility index (Phi) is 4.10. The highest BCUT2D eigenvalue weighted by Gasteiger charge is 2.45. The van der Waals surface area contributed by atoms with Gasteiger partial charge in [-0.3, -0.25) is 4.79 Å². The lowest BCUT2D eigenvalue weighted by molar-refractivity contribution is 0.0968. The molecule has 0 radical (unpaired) electrons. The SMILES string of the molecule is CN1c2ccccc2SC1(CC(=O)c1ccccc1)c1ccccc1. The third-order valence-electron chi connectivity index (χ3n) is 4.77. The number of ketones is 1. The van der Waals surface area contributed by atoms with Crippen LogP contribution in [0.15, 0.2) is 89.8 Å². The van der Waals surface area contributed by atoms with E-state index in [1.807, 2.05) is 48.5 Å². The molecule has 1 aliphatic rings. The molecule has 2 nitrogen and oxygen atoms in total. The summed E-state index contributed by atoms with van der Waals surface area (Å²) in [5.41, 5.74) is 3.10. The van der Waals surface area contributed by atoms with Crippen molar-refractivity contribution in [3.05, 3.63) is 96.1 Å². The van der Waals surface area contributed by atoms with Crippen molar-refractivity contribution in [2.45, 2.75) is 16.2 Å². The van der Waals surface area contributed by atoms with Gasteiger partial charge in [0.15, 0.2) is 5.78 Å². The van der Waals surface area contributed by atoms with Gasteiger partial charge in [0, 0.05) is 23.9 Å². The molecule has 0 fully saturated rings. The Labute approximate surface area is 152 Å². The normalized spacial score (nSPS) is 18.8. The van der Waals surface area contributed by atoms with Crippen LogP contribution in [-0.2, 0) is 4.87 Å². The fourth-order valence-corrected chi connectivity index (χ4v) is 4.93. The van der Waals surface area contributed by atoms with Crippen molar-refractivity contribution in [3.8, 4) is 0 Å². The van der Waals surface area contributed by atoms with Crippen molar-refractivity contribution in [1.29, 1.82) is 0 Å². The Hall–Kier alpha value is -2.52. The van der Waals surface area contributed by atoms with E-state index in [9.17, 15) is 4.79 Å². The fourth-order valence-electron chi connectivity index (χ4n) is 3.42. The zero-order chi connectivity index (χ0) is 17.3. The van der Waals surface area contributed by atoms with Crippen molar-refractivity contribution in [3.63, 3.8) is 0 Å². The molecular formula is C22H19NOS. The second-order valence-corrected chi connectivity index (χ2v) is 7.56. The van der Waals surface area contributed by atoms with E-state index in [1.54, 1.807) is 11.8 Å². The number of thioether (sulfide) groups is 1. The highest BCUT2D eigenvalue weighted by molar-refractivity contribution is 8.00. The molecule has 124 valence electrons. The number of hydrogen-bond donors (Lipinski definition) is 0. The number of carbonyl (C=O) groups excluding carboxylic acids is 1. The van der Waals surface area contributed by atoms with Crippen LogP contribution in [-0.4, -0.2) is 12.8 Å². The van der Waals surface area contributed by atoms with E-state index in [4.69, 9.17) is 0 Å². The third-order valence-corrected chi connectivity index (χ3v) is 6.32. The van der Waals surface area contributed by atoms with Gasteiger partial charge in [0.25, 0.3) is 0 Å². The monoisotopic (exact) mass is 345 g/mol. The van der Waals surface area contributed by atoms with E-state index in [0.29, 0.717) is 6.42 Å². The lowest BCUT2D eigenvalue weighted by Gasteiger charge is -2.37. The van der Waals surface area contributed by atoms with Crippen molar-refractivity contribution >= 4 is 23.2 Å². The Morgan fingerprint density at radius 3 is 2.16 bits per heavy atom. The highest BCUT2D eigenvalue weighted by atomic mass is 32.2. The molecule has 4 rings (SSSR count). The van der Waals surface area contributed by atoms with E-state index in [-0.39, 0.29) is 5.78 Å². The van der Waals surface area contributed by atoms with Crippen LogP contribution in [0.3, 0.4) is 0 Å². The molecular weight excluding hydrogens is 326 g/mol. The predicted octanol–water partition coefficient (Wildman–Crippen LogP) is 5.35. The van der Waals surface area contributed by atoms with Crippen molar-refractivity contribution < 1.29 is 4.79 Å². The molecule has 1 heterocycles. The predicted molar refractivity (Wildman–Crippen MR) is 104 cm³/mol. The molecule has 0 aliphatic carbocycles. The quantitative estimate of drug-likeness (QED) is 0.594. The lowest BCUT2D eigenvalue weighted by Crippen LogP contribution is -2.39. The van der Waals surface area contributed by atoms with Gasteiger partial charge in [-0.2, -0.15) is 0 Å². The van der Waals surface area contributed by atoms with Gasteiger partial charge in [-0.1, -0.05) is 84.6 Å². The number of Topliss-reactive ketones (excluding diaryl/α,β-unsaturated/α-hetero) is 1. The summed E-state index contributed by atoms with van der Waals surface area (Å²) >= 11 is 1.77. The number of anilines is 1. The highest BCUT2D eigenvalue weighted by Crippen LogP contribution is 2.56. The first-order valence-electron chi connectivity index (χ1n) is 8.36. The average molecular weight is 345 g/mol. The van der Waals surface area contributed by atoms with Crippen LogP contribution >= 0.6 is 11.8 Å². The van der Waals surface area contributed by atoms with Gasteiger partial charge in [-0.25, -0.2) is 0 Å². The first-order valence-corrected chi connectivity index (χ1v) is 9.18. The molecule has 3 aromatic rings. The Balaban J connectivity index is 1.78. The molecule has 1 unspecified atom stereocenters. The number of fused-ring (bicyclic) bond motifs is 1. The van der Waals surface area contributed by atoms with Crippen LogP contribution < -0.4 is 4.90 Å². The molecule has 0 amide bonds. The minimum absolute atomic E-state index is 0.164. The van der Waals surface area contributed by atoms with Crippen LogP contribution in [0, 0.1) is 0 Å². The van der Waals surface area contributed by atoms with Gasteiger partial charge in [0.2, 0.25) is 0 Å². The van der Waals surface area contributed by atoms with Crippen LogP contribution in [0.5, 0.6) is 0 Å². The van der Waals surface area contributed by atoms with E-state index >= 15 is 0 Å². The molecule has 0 saturated carbocycles. The molecule has 0 bridgehead atoms. The number of carbonyl (C=O) groups is 1. The van der Waals surface area contributed by atoms with Crippen LogP contribution in [0.25, 0.3) is 0 Å². The van der Waals surface area contributed by atoms with Crippen molar-refractivity contribution in [1.82, 2.24) is 0 Å². The van der Waals surface area contributed by atoms with Gasteiger partial charge in [0.1, 0.15) is 4.87 Å². The van der Waals surface area contributed by atoms with Gasteiger partial charge in [-0.05, 0) is 17.7 Å². The zero-order valence-corrected chi connectivity index (χ0v) is 14.9. The molecule has 3 heteroatoms. The number of rotatable bonds is 4. The summed E-state index contributed by atoms with van der Waals surface area (Å²) in [5.74, 6) is 0.164. The molecule has 0 saturated heterocycles. The van der Waals surface area contributed by atoms with Crippen molar-refractivity contribution in [2.75, 3.05) is 11.9 Å². The van der Waals surface area contributed by atoms with Crippen LogP contribution in [0.2, 0.25) is 0 Å². The third kappa shape index (κ3) is 2.75. The zero-order valence-electron chi connectivity index (χ0n) is 14.1. The van der Waals surface area contributed by atoms with Crippen LogP contribution in [0.4, 0.5) is 5.69 Å². The van der Waals surface area contributed by atoms with E-state index in [2.05, 4.69) is 48.3 Å². The second-order valence-electron chi connectivity index (χ2n) is 6.25. The topological polar surface area (TPSA) is 20.3 Å². The average Bonchev–Trinajstić information content (AvgIpc) is 2.96. The molecule has 1 atom stereocenters. The van der Waals surface area contributed by atoms with Crippen molar-refractivity contribution in [2.24, 2.45) is 0 Å². The number of nitrogens with zero attached hydrogens (tertiary/aromatic N) is 1. The summed E-state index contributed by atoms with van der Waals surface area (Å²) in [7, 11) is 2.09. The molecule has 0 aromatic heterocycles. The summed E-state index contributed by atoms with van der Waals surface area (Å²) in [4.78, 5) is 16.1. The number of benzene rings is 3. The molecule has 25 heavy (non-hydrogen) atoms. The molecule has 1 aliphatic heterocycles. The minimum atomic E-state index is -0.419. The minimum Gasteiger partial charge on any atom is -0.354 e. The standard InChI is InChI=1S/C22H19NOS/c1-23-19-14-8-9-15-21(19)25-22(23,18-12-6-3-7-13-18)16-20(24)17-10-4-2-5-11-17/h2-15H,16H2,1H3. The maximum atomic E-state index is 13.0. The molecule has 3 aromatic carbocycles. The maximum absolute atomic E-state index is 13.0. The van der Waals surface area contributed by atoms with Gasteiger partial charge in [0.05, 0.1) is 5.69 Å². The number of para-hydroxylation sites is 1. The van der Waals surface area contributed by atoms with Gasteiger partial charge < -0.3 is 4.90 Å². The molecule has 0 N–H and O–H groups in total. The fraction of sp³-hybridized carbons (Fsp3) is 0.136. The summed E-state index contributed by atoms with van der Waals surface area (Å²) < 4.78 is 0. The van der Waals surface area contributed by atoms with Gasteiger partial charge >= 0.3 is 0 Å². The smallest absolute Gasteiger partial charge is 0.166 e. The Bertz CT molecular complexity index is 894. The summed E-state index contributed by atoms with van der Waals surface area (Å²) in [6.45, 7) is 0. The summed E-state index contributed by atoms with van der Waals surface area (Å²) in [6, 6.07) is 28.3.